The Kier molecular flexibility index (Phi) is 4.81. The summed E-state index contributed by atoms with van der Waals surface area (Å²) in [4.78, 5) is 12.5. The fraction of sp³-hybridized carbons (Fsp3) is 0.158. The van der Waals surface area contributed by atoms with E-state index in [1.54, 1.807) is 6.20 Å². The van der Waals surface area contributed by atoms with Crippen LogP contribution >= 0.6 is 15.9 Å². The van der Waals surface area contributed by atoms with Crippen LogP contribution in [0.4, 0.5) is 0 Å². The highest BCUT2D eigenvalue weighted by molar-refractivity contribution is 9.10. The zero-order valence-corrected chi connectivity index (χ0v) is 15.1. The number of carbonyl (C=O) groups is 1. The van der Waals surface area contributed by atoms with Gasteiger partial charge in [-0.2, -0.15) is 5.10 Å². The van der Waals surface area contributed by atoms with Gasteiger partial charge in [-0.3, -0.25) is 4.79 Å². The Morgan fingerprint density at radius 1 is 1.12 bits per heavy atom. The number of carbonyl (C=O) groups excluding carboxylic acids is 1. The maximum atomic E-state index is 12.5. The summed E-state index contributed by atoms with van der Waals surface area (Å²) in [6.45, 7) is 3.96. The largest absolute Gasteiger partial charge is 0.345 e. The van der Waals surface area contributed by atoms with E-state index in [1.165, 1.54) is 0 Å². The number of benzene rings is 2. The minimum atomic E-state index is -0.0954. The second-order valence-corrected chi connectivity index (χ2v) is 6.50. The molecule has 5 heteroatoms. The molecule has 0 unspecified atom stereocenters. The molecule has 0 fully saturated rings. The van der Waals surface area contributed by atoms with Crippen molar-refractivity contribution in [2.45, 2.75) is 19.9 Å². The molecule has 0 bridgehead atoms. The Labute approximate surface area is 149 Å². The second-order valence-electron chi connectivity index (χ2n) is 5.65. The number of nitrogens with one attached hydrogen (secondary N) is 1. The molecule has 122 valence electrons. The molecule has 2 aromatic carbocycles. The van der Waals surface area contributed by atoms with Crippen LogP contribution in [0, 0.1) is 6.92 Å². The normalized spacial score (nSPS) is 12.0. The number of aromatic nitrogens is 2. The highest BCUT2D eigenvalue weighted by Crippen LogP contribution is 2.23. The Morgan fingerprint density at radius 3 is 2.46 bits per heavy atom. The van der Waals surface area contributed by atoms with Gasteiger partial charge < -0.3 is 5.32 Å². The Balaban J connectivity index is 1.74. The topological polar surface area (TPSA) is 46.9 Å². The molecule has 3 rings (SSSR count). The van der Waals surface area contributed by atoms with Crippen molar-refractivity contribution < 1.29 is 4.79 Å². The van der Waals surface area contributed by atoms with E-state index in [-0.39, 0.29) is 11.9 Å². The zero-order chi connectivity index (χ0) is 17.1. The lowest BCUT2D eigenvalue weighted by molar-refractivity contribution is 0.0940. The standard InChI is InChI=1S/C19H18BrN3O/c1-13-11-12-21-23(13)16-9-7-15(8-10-16)19(24)22-14(2)17-5-3-4-6-18(17)20/h3-12,14H,1-2H3,(H,22,24)/t14-/m1/s1. The lowest BCUT2D eigenvalue weighted by Gasteiger charge is -2.16. The summed E-state index contributed by atoms with van der Waals surface area (Å²) in [5.41, 5.74) is 3.67. The average molecular weight is 384 g/mol. The van der Waals surface area contributed by atoms with Gasteiger partial charge in [-0.25, -0.2) is 4.68 Å². The van der Waals surface area contributed by atoms with E-state index in [4.69, 9.17) is 0 Å². The third-order valence-electron chi connectivity index (χ3n) is 3.93. The van der Waals surface area contributed by atoms with Gasteiger partial charge in [-0.05, 0) is 55.8 Å². The van der Waals surface area contributed by atoms with Crippen LogP contribution in [0.25, 0.3) is 5.69 Å². The number of aryl methyl sites for hydroxylation is 1. The van der Waals surface area contributed by atoms with E-state index < -0.39 is 0 Å². The molecule has 0 saturated heterocycles. The molecule has 3 aromatic rings. The smallest absolute Gasteiger partial charge is 0.251 e. The van der Waals surface area contributed by atoms with Crippen LogP contribution in [0.2, 0.25) is 0 Å². The quantitative estimate of drug-likeness (QED) is 0.723. The summed E-state index contributed by atoms with van der Waals surface area (Å²) < 4.78 is 2.83. The molecule has 1 atom stereocenters. The van der Waals surface area contributed by atoms with Gasteiger partial charge in [-0.1, -0.05) is 34.1 Å². The molecule has 0 aliphatic heterocycles. The lowest BCUT2D eigenvalue weighted by atomic mass is 10.1. The number of hydrogen-bond acceptors (Lipinski definition) is 2. The maximum Gasteiger partial charge on any atom is 0.251 e. The molecule has 1 heterocycles. The van der Waals surface area contributed by atoms with Gasteiger partial charge in [0.05, 0.1) is 11.7 Å². The first kappa shape index (κ1) is 16.5. The molecular formula is C19H18BrN3O. The number of rotatable bonds is 4. The van der Waals surface area contributed by atoms with Gasteiger partial charge in [0.15, 0.2) is 0 Å². The summed E-state index contributed by atoms with van der Waals surface area (Å²) in [5, 5.41) is 7.30. The minimum absolute atomic E-state index is 0.0823. The molecule has 0 saturated carbocycles. The van der Waals surface area contributed by atoms with Gasteiger partial charge in [-0.15, -0.1) is 0 Å². The number of halogens is 1. The van der Waals surface area contributed by atoms with Crippen molar-refractivity contribution >= 4 is 21.8 Å². The van der Waals surface area contributed by atoms with Crippen LogP contribution < -0.4 is 5.32 Å². The SMILES string of the molecule is Cc1ccnn1-c1ccc(C(=O)N[C@H](C)c2ccccc2Br)cc1. The monoisotopic (exact) mass is 383 g/mol. The summed E-state index contributed by atoms with van der Waals surface area (Å²) in [6, 6.07) is 17.2. The van der Waals surface area contributed by atoms with Crippen LogP contribution in [0.15, 0.2) is 65.3 Å². The Bertz CT molecular complexity index is 855. The molecule has 0 aliphatic rings. The molecular weight excluding hydrogens is 366 g/mol. The van der Waals surface area contributed by atoms with E-state index in [9.17, 15) is 4.79 Å². The molecule has 1 N–H and O–H groups in total. The van der Waals surface area contributed by atoms with Crippen molar-refractivity contribution in [3.8, 4) is 5.69 Å². The molecule has 0 radical (unpaired) electrons. The Hall–Kier alpha value is -2.40. The van der Waals surface area contributed by atoms with Crippen LogP contribution in [0.3, 0.4) is 0 Å². The average Bonchev–Trinajstić information content (AvgIpc) is 3.01. The molecule has 0 aliphatic carbocycles. The van der Waals surface area contributed by atoms with E-state index in [1.807, 2.05) is 73.1 Å². The summed E-state index contributed by atoms with van der Waals surface area (Å²) in [6.07, 6.45) is 1.76. The van der Waals surface area contributed by atoms with Crippen molar-refractivity contribution in [3.63, 3.8) is 0 Å². The van der Waals surface area contributed by atoms with Crippen LogP contribution in [0.5, 0.6) is 0 Å². The fourth-order valence-electron chi connectivity index (χ4n) is 2.58. The predicted molar refractivity (Wildman–Crippen MR) is 98.3 cm³/mol. The van der Waals surface area contributed by atoms with Gasteiger partial charge in [0, 0.05) is 21.9 Å². The predicted octanol–water partition coefficient (Wildman–Crippen LogP) is 4.43. The third kappa shape index (κ3) is 3.41. The van der Waals surface area contributed by atoms with Gasteiger partial charge in [0.25, 0.3) is 5.91 Å². The van der Waals surface area contributed by atoms with Crippen LogP contribution in [-0.4, -0.2) is 15.7 Å². The molecule has 24 heavy (non-hydrogen) atoms. The summed E-state index contributed by atoms with van der Waals surface area (Å²) in [5.74, 6) is -0.0954. The summed E-state index contributed by atoms with van der Waals surface area (Å²) in [7, 11) is 0. The van der Waals surface area contributed by atoms with Gasteiger partial charge in [0.2, 0.25) is 0 Å². The number of hydrogen-bond donors (Lipinski definition) is 1. The first-order valence-electron chi connectivity index (χ1n) is 7.72. The van der Waals surface area contributed by atoms with Crippen molar-refractivity contribution in [2.75, 3.05) is 0 Å². The first-order chi connectivity index (χ1) is 11.6. The van der Waals surface area contributed by atoms with E-state index >= 15 is 0 Å². The molecule has 1 amide bonds. The van der Waals surface area contributed by atoms with E-state index in [2.05, 4.69) is 26.3 Å². The second kappa shape index (κ2) is 7.01. The van der Waals surface area contributed by atoms with E-state index in [0.717, 1.165) is 21.4 Å². The van der Waals surface area contributed by atoms with Crippen molar-refractivity contribution in [3.05, 3.63) is 82.1 Å². The number of nitrogens with zero attached hydrogens (tertiary/aromatic N) is 2. The zero-order valence-electron chi connectivity index (χ0n) is 13.5. The minimum Gasteiger partial charge on any atom is -0.345 e. The first-order valence-corrected chi connectivity index (χ1v) is 8.52. The van der Waals surface area contributed by atoms with Crippen molar-refractivity contribution in [1.82, 2.24) is 15.1 Å². The lowest BCUT2D eigenvalue weighted by Crippen LogP contribution is -2.26. The molecule has 0 spiro atoms. The maximum absolute atomic E-state index is 12.5. The van der Waals surface area contributed by atoms with Gasteiger partial charge >= 0.3 is 0 Å². The third-order valence-corrected chi connectivity index (χ3v) is 4.65. The van der Waals surface area contributed by atoms with E-state index in [0.29, 0.717) is 5.56 Å². The highest BCUT2D eigenvalue weighted by atomic mass is 79.9. The van der Waals surface area contributed by atoms with Crippen LogP contribution in [0.1, 0.15) is 34.6 Å². The molecule has 4 nitrogen and oxygen atoms in total. The summed E-state index contributed by atoms with van der Waals surface area (Å²) >= 11 is 3.52. The van der Waals surface area contributed by atoms with Crippen molar-refractivity contribution in [2.24, 2.45) is 0 Å². The van der Waals surface area contributed by atoms with Crippen LogP contribution in [-0.2, 0) is 0 Å². The Morgan fingerprint density at radius 2 is 1.83 bits per heavy atom. The molecule has 1 aromatic heterocycles. The van der Waals surface area contributed by atoms with Crippen molar-refractivity contribution in [1.29, 1.82) is 0 Å². The fourth-order valence-corrected chi connectivity index (χ4v) is 3.21. The highest BCUT2D eigenvalue weighted by Gasteiger charge is 2.13. The van der Waals surface area contributed by atoms with Gasteiger partial charge in [0.1, 0.15) is 0 Å². The number of amides is 1.